The smallest absolute Gasteiger partial charge is 0.0620 e. The maximum absolute atomic E-state index is 10.1. The van der Waals surface area contributed by atoms with Crippen molar-refractivity contribution >= 4 is 0 Å². The molecule has 2 rings (SSSR count). The highest BCUT2D eigenvalue weighted by Gasteiger charge is 2.33. The quantitative estimate of drug-likeness (QED) is 0.678. The van der Waals surface area contributed by atoms with Crippen molar-refractivity contribution in [1.82, 2.24) is 5.32 Å². The molecule has 3 unspecified atom stereocenters. The van der Waals surface area contributed by atoms with Gasteiger partial charge in [0, 0.05) is 19.0 Å². The summed E-state index contributed by atoms with van der Waals surface area (Å²) >= 11 is 0. The first-order valence-corrected chi connectivity index (χ1v) is 5.66. The van der Waals surface area contributed by atoms with E-state index in [0.717, 1.165) is 19.0 Å². The lowest BCUT2D eigenvalue weighted by Gasteiger charge is -2.38. The second kappa shape index (κ2) is 3.97. The van der Waals surface area contributed by atoms with Gasteiger partial charge < -0.3 is 10.4 Å². The number of nitrogens with one attached hydrogen (secondary N) is 1. The van der Waals surface area contributed by atoms with Gasteiger partial charge in [-0.05, 0) is 24.7 Å². The van der Waals surface area contributed by atoms with Gasteiger partial charge in [0.25, 0.3) is 0 Å². The van der Waals surface area contributed by atoms with Crippen LogP contribution in [0.25, 0.3) is 0 Å². The van der Waals surface area contributed by atoms with Crippen LogP contribution >= 0.6 is 0 Å². The second-order valence-electron chi connectivity index (χ2n) is 4.94. The molecular weight excluding hydrogens is 162 g/mol. The van der Waals surface area contributed by atoms with Crippen molar-refractivity contribution < 1.29 is 5.11 Å². The molecule has 1 saturated carbocycles. The first kappa shape index (κ1) is 9.47. The zero-order chi connectivity index (χ0) is 9.26. The van der Waals surface area contributed by atoms with Crippen molar-refractivity contribution in [2.75, 3.05) is 13.1 Å². The van der Waals surface area contributed by atoms with Gasteiger partial charge in [0.2, 0.25) is 0 Å². The normalized spacial score (nSPS) is 38.3. The third-order valence-electron chi connectivity index (χ3n) is 3.76. The lowest BCUT2D eigenvalue weighted by atomic mass is 9.75. The third kappa shape index (κ3) is 2.05. The molecule has 2 nitrogen and oxygen atoms in total. The van der Waals surface area contributed by atoms with Crippen LogP contribution in [-0.4, -0.2) is 24.3 Å². The van der Waals surface area contributed by atoms with E-state index in [1.807, 2.05) is 0 Å². The Bertz CT molecular complexity index is 167. The van der Waals surface area contributed by atoms with Crippen molar-refractivity contribution in [1.29, 1.82) is 0 Å². The molecule has 0 spiro atoms. The number of aliphatic hydroxyl groups is 1. The van der Waals surface area contributed by atoms with Gasteiger partial charge in [0.05, 0.1) is 6.10 Å². The molecule has 0 amide bonds. The highest BCUT2D eigenvalue weighted by molar-refractivity contribution is 4.87. The summed E-state index contributed by atoms with van der Waals surface area (Å²) in [6, 6.07) is 0. The van der Waals surface area contributed by atoms with E-state index in [2.05, 4.69) is 12.2 Å². The molecular formula is C11H21NO. The molecule has 0 radical (unpaired) electrons. The van der Waals surface area contributed by atoms with Crippen LogP contribution < -0.4 is 5.32 Å². The summed E-state index contributed by atoms with van der Waals surface area (Å²) in [6.45, 7) is 4.38. The molecule has 2 N–H and O–H groups in total. The fraction of sp³-hybridized carbons (Fsp3) is 1.00. The van der Waals surface area contributed by atoms with Crippen molar-refractivity contribution in [3.05, 3.63) is 0 Å². The maximum atomic E-state index is 10.1. The summed E-state index contributed by atoms with van der Waals surface area (Å²) < 4.78 is 0. The minimum Gasteiger partial charge on any atom is -0.392 e. The van der Waals surface area contributed by atoms with E-state index in [-0.39, 0.29) is 6.10 Å². The highest BCUT2D eigenvalue weighted by atomic mass is 16.3. The summed E-state index contributed by atoms with van der Waals surface area (Å²) in [5.41, 5.74) is 0. The lowest BCUT2D eigenvalue weighted by molar-refractivity contribution is 0.00499. The van der Waals surface area contributed by atoms with Gasteiger partial charge in [-0.2, -0.15) is 0 Å². The molecule has 1 aliphatic carbocycles. The summed E-state index contributed by atoms with van der Waals surface area (Å²) in [7, 11) is 0. The molecule has 13 heavy (non-hydrogen) atoms. The van der Waals surface area contributed by atoms with E-state index in [1.54, 1.807) is 0 Å². The maximum Gasteiger partial charge on any atom is 0.0620 e. The Morgan fingerprint density at radius 1 is 1.23 bits per heavy atom. The number of rotatable bonds is 2. The van der Waals surface area contributed by atoms with Gasteiger partial charge in [0.1, 0.15) is 0 Å². The molecule has 0 bridgehead atoms. The third-order valence-corrected chi connectivity index (χ3v) is 3.76. The molecule has 1 aliphatic heterocycles. The van der Waals surface area contributed by atoms with Crippen molar-refractivity contribution in [2.24, 2.45) is 17.8 Å². The Kier molecular flexibility index (Phi) is 2.89. The topological polar surface area (TPSA) is 32.3 Å². The molecule has 76 valence electrons. The fourth-order valence-corrected chi connectivity index (χ4v) is 2.73. The molecule has 1 heterocycles. The van der Waals surface area contributed by atoms with Crippen LogP contribution in [0.15, 0.2) is 0 Å². The first-order valence-electron chi connectivity index (χ1n) is 5.66. The number of aliphatic hydroxyl groups excluding tert-OH is 1. The molecule has 3 atom stereocenters. The predicted octanol–water partition coefficient (Wildman–Crippen LogP) is 1.39. The zero-order valence-corrected chi connectivity index (χ0v) is 8.50. The van der Waals surface area contributed by atoms with Crippen molar-refractivity contribution in [2.45, 2.75) is 38.7 Å². The zero-order valence-electron chi connectivity index (χ0n) is 8.50. The van der Waals surface area contributed by atoms with Crippen molar-refractivity contribution in [3.63, 3.8) is 0 Å². The minimum absolute atomic E-state index is 0.0241. The van der Waals surface area contributed by atoms with E-state index in [9.17, 15) is 5.11 Å². The molecule has 0 aromatic rings. The largest absolute Gasteiger partial charge is 0.392 e. The Labute approximate surface area is 80.7 Å². The van der Waals surface area contributed by atoms with Crippen LogP contribution in [0, 0.1) is 17.8 Å². The lowest BCUT2D eigenvalue weighted by Crippen LogP contribution is -2.51. The van der Waals surface area contributed by atoms with Gasteiger partial charge in [-0.15, -0.1) is 0 Å². The van der Waals surface area contributed by atoms with Gasteiger partial charge in [-0.3, -0.25) is 0 Å². The summed E-state index contributed by atoms with van der Waals surface area (Å²) in [4.78, 5) is 0. The van der Waals surface area contributed by atoms with Gasteiger partial charge in [0.15, 0.2) is 0 Å². The van der Waals surface area contributed by atoms with Crippen LogP contribution in [0.5, 0.6) is 0 Å². The van der Waals surface area contributed by atoms with Crippen LogP contribution in [0.4, 0.5) is 0 Å². The Hall–Kier alpha value is -0.0800. The number of hydrogen-bond acceptors (Lipinski definition) is 2. The van der Waals surface area contributed by atoms with E-state index in [0.29, 0.717) is 11.8 Å². The van der Waals surface area contributed by atoms with Gasteiger partial charge in [-0.1, -0.05) is 19.8 Å². The van der Waals surface area contributed by atoms with E-state index >= 15 is 0 Å². The van der Waals surface area contributed by atoms with Crippen LogP contribution in [0.2, 0.25) is 0 Å². The second-order valence-corrected chi connectivity index (χ2v) is 4.94. The minimum atomic E-state index is -0.0241. The van der Waals surface area contributed by atoms with E-state index in [4.69, 9.17) is 0 Å². The molecule has 2 heteroatoms. The monoisotopic (exact) mass is 183 g/mol. The average Bonchev–Trinajstić information content (AvgIpc) is 2.01. The summed E-state index contributed by atoms with van der Waals surface area (Å²) in [6.07, 6.45) is 5.17. The van der Waals surface area contributed by atoms with Crippen LogP contribution in [-0.2, 0) is 0 Å². The summed E-state index contributed by atoms with van der Waals surface area (Å²) in [5.74, 6) is 1.98. The van der Waals surface area contributed by atoms with Gasteiger partial charge in [-0.25, -0.2) is 0 Å². The first-order chi connectivity index (χ1) is 6.27. The average molecular weight is 183 g/mol. The summed E-state index contributed by atoms with van der Waals surface area (Å²) in [5, 5.41) is 13.3. The van der Waals surface area contributed by atoms with Crippen LogP contribution in [0.3, 0.4) is 0 Å². The Morgan fingerprint density at radius 2 is 2.00 bits per heavy atom. The fourth-order valence-electron chi connectivity index (χ4n) is 2.73. The molecule has 2 aliphatic rings. The predicted molar refractivity (Wildman–Crippen MR) is 53.5 cm³/mol. The highest BCUT2D eigenvalue weighted by Crippen LogP contribution is 2.33. The number of hydrogen-bond donors (Lipinski definition) is 2. The molecule has 2 fully saturated rings. The molecule has 1 saturated heterocycles. The molecule has 0 aromatic carbocycles. The van der Waals surface area contributed by atoms with E-state index < -0.39 is 0 Å². The Balaban J connectivity index is 1.83. The van der Waals surface area contributed by atoms with Crippen molar-refractivity contribution in [3.8, 4) is 0 Å². The van der Waals surface area contributed by atoms with Gasteiger partial charge >= 0.3 is 0 Å². The Morgan fingerprint density at radius 3 is 2.54 bits per heavy atom. The standard InChI is InChI=1S/C11H21NO/c1-8-3-2-4-9(5-8)11(13)10-6-12-7-10/h8-13H,2-7H2,1H3. The van der Waals surface area contributed by atoms with E-state index in [1.165, 1.54) is 25.7 Å². The molecule has 0 aromatic heterocycles. The van der Waals surface area contributed by atoms with Crippen LogP contribution in [0.1, 0.15) is 32.6 Å². The SMILES string of the molecule is CC1CCCC(C(O)C2CNC2)C1.